The third-order valence-corrected chi connectivity index (χ3v) is 15.1. The Morgan fingerprint density at radius 2 is 0.554 bits per heavy atom. The van der Waals surface area contributed by atoms with E-state index in [2.05, 4.69) is 260 Å². The molecule has 10 aromatic rings. The largest absolute Gasteiger partial charge is 0.311 e. The normalized spacial score (nSPS) is 11.4. The van der Waals surface area contributed by atoms with Crippen LogP contribution in [0.2, 0.25) is 0 Å². The Labute approximate surface area is 442 Å². The van der Waals surface area contributed by atoms with Crippen LogP contribution in [0.3, 0.4) is 0 Å². The van der Waals surface area contributed by atoms with E-state index in [1.807, 2.05) is 0 Å². The Morgan fingerprint density at radius 3 is 0.838 bits per heavy atom. The highest BCUT2D eigenvalue weighted by molar-refractivity contribution is 6.95. The number of nitrogens with zero attached hydrogens (tertiary/aromatic N) is 3. The number of aromatic nitrogens is 1. The maximum Gasteiger partial charge on any atom is 0.241 e. The molecule has 9 aromatic carbocycles. The molecule has 0 fully saturated rings. The van der Waals surface area contributed by atoms with Gasteiger partial charge >= 0.3 is 0 Å². The second-order valence-corrected chi connectivity index (χ2v) is 20.3. The van der Waals surface area contributed by atoms with Crippen molar-refractivity contribution in [1.82, 2.24) is 4.57 Å². The smallest absolute Gasteiger partial charge is 0.241 e. The molecule has 0 atom stereocenters. The summed E-state index contributed by atoms with van der Waals surface area (Å²) >= 11 is 0. The van der Waals surface area contributed by atoms with Gasteiger partial charge in [-0.25, -0.2) is 0 Å². The molecule has 0 radical (unpaired) electrons. The number of fused-ring (bicyclic) bond motifs is 3. The molecule has 0 bridgehead atoms. The first-order valence-electron chi connectivity index (χ1n) is 27.8. The van der Waals surface area contributed by atoms with E-state index in [0.29, 0.717) is 0 Å². The lowest BCUT2D eigenvalue weighted by Crippen LogP contribution is -2.52. The van der Waals surface area contributed by atoms with E-state index in [1.54, 1.807) is 0 Å². The van der Waals surface area contributed by atoms with Gasteiger partial charge in [0, 0.05) is 50.6 Å². The molecule has 4 heteroatoms. The van der Waals surface area contributed by atoms with Crippen LogP contribution in [0.4, 0.5) is 34.1 Å². The molecule has 0 N–H and O–H groups in total. The molecule has 370 valence electrons. The van der Waals surface area contributed by atoms with Gasteiger partial charge in [-0.1, -0.05) is 191 Å². The van der Waals surface area contributed by atoms with E-state index in [9.17, 15) is 0 Å². The van der Waals surface area contributed by atoms with Crippen molar-refractivity contribution in [3.63, 3.8) is 0 Å². The van der Waals surface area contributed by atoms with Crippen molar-refractivity contribution in [1.29, 1.82) is 0 Å². The Morgan fingerprint density at radius 1 is 0.297 bits per heavy atom. The molecule has 0 unspecified atom stereocenters. The van der Waals surface area contributed by atoms with Crippen molar-refractivity contribution in [3.05, 3.63) is 241 Å². The summed E-state index contributed by atoms with van der Waals surface area (Å²) in [5, 5.41) is 2.54. The number of anilines is 6. The topological polar surface area (TPSA) is 11.4 Å². The first-order valence-corrected chi connectivity index (χ1v) is 27.8. The molecule has 0 aliphatic rings. The molecular formula is C70H72BN3. The molecule has 0 saturated heterocycles. The van der Waals surface area contributed by atoms with Crippen molar-refractivity contribution in [2.24, 2.45) is 0 Å². The van der Waals surface area contributed by atoms with Crippen molar-refractivity contribution >= 4 is 79.0 Å². The summed E-state index contributed by atoms with van der Waals surface area (Å²) < 4.78 is 2.41. The minimum atomic E-state index is -0.0152. The van der Waals surface area contributed by atoms with Crippen LogP contribution in [0.1, 0.15) is 101 Å². The highest BCUT2D eigenvalue weighted by atomic mass is 15.1. The average Bonchev–Trinajstić information content (AvgIpc) is 3.80. The monoisotopic (exact) mass is 966 g/mol. The Kier molecular flexibility index (Phi) is 16.2. The van der Waals surface area contributed by atoms with Gasteiger partial charge < -0.3 is 14.4 Å². The molecular weight excluding hydrogens is 894 g/mol. The van der Waals surface area contributed by atoms with Crippen LogP contribution in [0.15, 0.2) is 218 Å². The maximum absolute atomic E-state index is 2.42. The van der Waals surface area contributed by atoms with Crippen molar-refractivity contribution in [2.45, 2.75) is 105 Å². The van der Waals surface area contributed by atoms with Gasteiger partial charge in [-0.05, 0) is 171 Å². The average molecular weight is 966 g/mol. The van der Waals surface area contributed by atoms with Gasteiger partial charge in [0.2, 0.25) is 6.71 Å². The summed E-state index contributed by atoms with van der Waals surface area (Å²) in [6.07, 6.45) is 14.0. The molecule has 0 aliphatic carbocycles. The summed E-state index contributed by atoms with van der Waals surface area (Å²) in [5.41, 5.74) is 19.9. The van der Waals surface area contributed by atoms with Crippen molar-refractivity contribution < 1.29 is 0 Å². The minimum Gasteiger partial charge on any atom is -0.311 e. The molecule has 0 aliphatic heterocycles. The van der Waals surface area contributed by atoms with E-state index in [0.717, 1.165) is 42.7 Å². The van der Waals surface area contributed by atoms with E-state index < -0.39 is 0 Å². The lowest BCUT2D eigenvalue weighted by molar-refractivity contribution is 0.795. The molecule has 10 rings (SSSR count). The third-order valence-electron chi connectivity index (χ3n) is 15.1. The summed E-state index contributed by atoms with van der Waals surface area (Å²) in [7, 11) is 0. The van der Waals surface area contributed by atoms with E-state index >= 15 is 0 Å². The highest BCUT2D eigenvalue weighted by Gasteiger charge is 2.25. The number of hydrogen-bond acceptors (Lipinski definition) is 2. The van der Waals surface area contributed by atoms with Gasteiger partial charge in [0.05, 0.1) is 11.0 Å². The fraction of sp³-hybridized carbons (Fsp3) is 0.229. The Balaban J connectivity index is 1.05. The number of aryl methyl sites for hydroxylation is 4. The first kappa shape index (κ1) is 50.0. The number of rotatable bonds is 22. The summed E-state index contributed by atoms with van der Waals surface area (Å²) in [5.74, 6) is 0. The fourth-order valence-electron chi connectivity index (χ4n) is 10.9. The van der Waals surface area contributed by atoms with Gasteiger partial charge in [0.1, 0.15) is 0 Å². The molecule has 1 aromatic heterocycles. The van der Waals surface area contributed by atoms with Crippen LogP contribution in [0.25, 0.3) is 27.5 Å². The zero-order chi connectivity index (χ0) is 50.6. The lowest BCUT2D eigenvalue weighted by atomic mass is 9.37. The molecule has 0 saturated carbocycles. The highest BCUT2D eigenvalue weighted by Crippen LogP contribution is 2.37. The maximum atomic E-state index is 2.42. The van der Waals surface area contributed by atoms with Gasteiger partial charge in [-0.3, -0.25) is 0 Å². The summed E-state index contributed by atoms with van der Waals surface area (Å²) in [4.78, 5) is 4.84. The van der Waals surface area contributed by atoms with Gasteiger partial charge in [0.25, 0.3) is 0 Å². The van der Waals surface area contributed by atoms with Gasteiger partial charge in [0.15, 0.2) is 0 Å². The van der Waals surface area contributed by atoms with E-state index in [-0.39, 0.29) is 6.71 Å². The lowest BCUT2D eigenvalue weighted by Gasteiger charge is -2.27. The Bertz CT molecular complexity index is 3030. The fourth-order valence-corrected chi connectivity index (χ4v) is 10.9. The second-order valence-electron chi connectivity index (χ2n) is 20.3. The van der Waals surface area contributed by atoms with Crippen LogP contribution in [0, 0.1) is 0 Å². The van der Waals surface area contributed by atoms with Crippen LogP contribution < -0.4 is 26.2 Å². The van der Waals surface area contributed by atoms with E-state index in [1.165, 1.54) is 135 Å². The van der Waals surface area contributed by atoms with Crippen LogP contribution in [0.5, 0.6) is 0 Å². The Hall–Kier alpha value is -7.56. The van der Waals surface area contributed by atoms with Crippen molar-refractivity contribution in [3.8, 4) is 5.69 Å². The third kappa shape index (κ3) is 11.2. The minimum absolute atomic E-state index is 0.0152. The van der Waals surface area contributed by atoms with Crippen LogP contribution in [-0.2, 0) is 25.7 Å². The number of benzene rings is 9. The zero-order valence-corrected chi connectivity index (χ0v) is 44.2. The summed E-state index contributed by atoms with van der Waals surface area (Å²) in [6.45, 7) is 9.05. The van der Waals surface area contributed by atoms with Gasteiger partial charge in [-0.15, -0.1) is 0 Å². The first-order chi connectivity index (χ1) is 36.5. The molecule has 0 spiro atoms. The number of unbranched alkanes of at least 4 members (excludes halogenated alkanes) is 4. The number of hydrogen-bond donors (Lipinski definition) is 0. The molecule has 3 nitrogen and oxygen atoms in total. The van der Waals surface area contributed by atoms with Crippen LogP contribution >= 0.6 is 0 Å². The summed E-state index contributed by atoms with van der Waals surface area (Å²) in [6, 6.07) is 82.6. The van der Waals surface area contributed by atoms with Gasteiger partial charge in [-0.2, -0.15) is 0 Å². The standard InChI is InChI=1S/C70H72BN3/c1-5-9-17-53-25-39-60(40-26-53)72(61-41-27-54(28-42-61)18-10-6-2)64-47-33-57(34-48-64)71(59-37-51-66(52-38-59)74-69-23-15-13-21-67(69)68-22-14-16-24-70(68)74)58-35-49-65(50-36-58)73(62-43-29-55(30-44-62)19-11-7-3)63-45-31-56(32-46-63)20-12-8-4/h13-16,21-52H,5-12,17-20H2,1-4H3. The SMILES string of the molecule is CCCCc1ccc(N(c2ccc(CCCC)cc2)c2ccc(B(c3ccc(N(c4ccc(CCCC)cc4)c4ccc(CCCC)cc4)cc3)c3ccc(-n4c5ccccc5c5ccccc54)cc3)cc2)cc1. The number of para-hydroxylation sites is 2. The quantitative estimate of drug-likeness (QED) is 0.0627. The molecule has 74 heavy (non-hydrogen) atoms. The zero-order valence-electron chi connectivity index (χ0n) is 44.2. The second kappa shape index (κ2) is 24.0. The van der Waals surface area contributed by atoms with Crippen molar-refractivity contribution in [2.75, 3.05) is 9.80 Å². The van der Waals surface area contributed by atoms with E-state index in [4.69, 9.17) is 0 Å². The predicted molar refractivity (Wildman–Crippen MR) is 322 cm³/mol. The van der Waals surface area contributed by atoms with Crippen LogP contribution in [-0.4, -0.2) is 11.3 Å². The molecule has 1 heterocycles. The molecule has 0 amide bonds. The predicted octanol–water partition coefficient (Wildman–Crippen LogP) is 17.6.